The van der Waals surface area contributed by atoms with Crippen LogP contribution in [0, 0.1) is 6.92 Å². The van der Waals surface area contributed by atoms with Crippen LogP contribution in [0.5, 0.6) is 5.75 Å². The summed E-state index contributed by atoms with van der Waals surface area (Å²) in [5, 5.41) is 1.01. The number of carbonyl (C=O) groups is 1. The lowest BCUT2D eigenvalue weighted by Gasteiger charge is -2.15. The lowest BCUT2D eigenvalue weighted by molar-refractivity contribution is -0.142. The second kappa shape index (κ2) is 9.71. The van der Waals surface area contributed by atoms with E-state index in [1.54, 1.807) is 13.2 Å². The molecule has 0 aliphatic carbocycles. The normalized spacial score (nSPS) is 11.0. The minimum atomic E-state index is -0.259. The lowest BCUT2D eigenvalue weighted by atomic mass is 9.99. The molecule has 5 heteroatoms. The number of furan rings is 1. The number of benzene rings is 3. The van der Waals surface area contributed by atoms with Crippen molar-refractivity contribution in [2.75, 3.05) is 6.61 Å². The van der Waals surface area contributed by atoms with E-state index in [1.807, 2.05) is 43.3 Å². The van der Waals surface area contributed by atoms with E-state index in [4.69, 9.17) is 19.6 Å². The van der Waals surface area contributed by atoms with E-state index in [-0.39, 0.29) is 12.4 Å². The molecule has 5 nitrogen and oxygen atoms in total. The van der Waals surface area contributed by atoms with Crippen molar-refractivity contribution in [1.82, 2.24) is 0 Å². The Morgan fingerprint density at radius 2 is 1.88 bits per heavy atom. The Hall–Kier alpha value is -3.57. The quantitative estimate of drug-likeness (QED) is 0.372. The number of para-hydroxylation sites is 1. The van der Waals surface area contributed by atoms with Crippen molar-refractivity contribution in [3.63, 3.8) is 0 Å². The first-order valence-corrected chi connectivity index (χ1v) is 10.8. The average Bonchev–Trinajstić information content (AvgIpc) is 3.27. The van der Waals surface area contributed by atoms with Gasteiger partial charge < -0.3 is 19.6 Å². The largest absolute Gasteiger partial charge is 0.488 e. The summed E-state index contributed by atoms with van der Waals surface area (Å²) < 4.78 is 17.1. The predicted octanol–water partition coefficient (Wildman–Crippen LogP) is 5.55. The summed E-state index contributed by atoms with van der Waals surface area (Å²) in [7, 11) is 0. The van der Waals surface area contributed by atoms with Gasteiger partial charge in [-0.1, -0.05) is 36.4 Å². The molecule has 0 unspecified atom stereocenters. The van der Waals surface area contributed by atoms with Crippen molar-refractivity contribution in [2.24, 2.45) is 5.73 Å². The van der Waals surface area contributed by atoms with E-state index < -0.39 is 0 Å². The summed E-state index contributed by atoms with van der Waals surface area (Å²) in [5.41, 5.74) is 12.6. The van der Waals surface area contributed by atoms with Crippen LogP contribution in [0.1, 0.15) is 29.2 Å². The molecule has 0 aliphatic rings. The zero-order chi connectivity index (χ0) is 22.5. The first-order chi connectivity index (χ1) is 15.6. The van der Waals surface area contributed by atoms with E-state index in [1.165, 1.54) is 0 Å². The van der Waals surface area contributed by atoms with Gasteiger partial charge in [-0.15, -0.1) is 0 Å². The molecule has 0 saturated carbocycles. The first-order valence-electron chi connectivity index (χ1n) is 10.8. The summed E-state index contributed by atoms with van der Waals surface area (Å²) in [4.78, 5) is 12.0. The highest BCUT2D eigenvalue weighted by atomic mass is 16.5. The Kier molecular flexibility index (Phi) is 6.57. The molecule has 0 atom stereocenters. The van der Waals surface area contributed by atoms with Crippen LogP contribution in [0.3, 0.4) is 0 Å². The molecular formula is C27H27NO4. The van der Waals surface area contributed by atoms with Gasteiger partial charge in [0.2, 0.25) is 0 Å². The van der Waals surface area contributed by atoms with Gasteiger partial charge in [-0.3, -0.25) is 4.79 Å². The van der Waals surface area contributed by atoms with Crippen LogP contribution in [0.15, 0.2) is 71.3 Å². The molecular weight excluding hydrogens is 402 g/mol. The Balaban J connectivity index is 1.64. The van der Waals surface area contributed by atoms with Crippen LogP contribution in [-0.2, 0) is 29.1 Å². The van der Waals surface area contributed by atoms with Crippen molar-refractivity contribution in [3.05, 3.63) is 89.2 Å². The highest BCUT2D eigenvalue weighted by molar-refractivity contribution is 5.93. The number of hydrogen-bond donors (Lipinski definition) is 1. The van der Waals surface area contributed by atoms with Gasteiger partial charge in [0.25, 0.3) is 0 Å². The third kappa shape index (κ3) is 4.68. The Morgan fingerprint density at radius 1 is 1.03 bits per heavy atom. The fourth-order valence-corrected chi connectivity index (χ4v) is 3.89. The van der Waals surface area contributed by atoms with Gasteiger partial charge in [-0.2, -0.15) is 0 Å². The van der Waals surface area contributed by atoms with Gasteiger partial charge in [-0.25, -0.2) is 0 Å². The third-order valence-electron chi connectivity index (χ3n) is 5.40. The molecule has 0 saturated heterocycles. The van der Waals surface area contributed by atoms with Crippen LogP contribution >= 0.6 is 0 Å². The topological polar surface area (TPSA) is 74.7 Å². The summed E-state index contributed by atoms with van der Waals surface area (Å²) >= 11 is 0. The average molecular weight is 430 g/mol. The molecule has 0 aliphatic heterocycles. The molecule has 2 N–H and O–H groups in total. The number of esters is 1. The van der Waals surface area contributed by atoms with Gasteiger partial charge in [-0.05, 0) is 60.4 Å². The highest BCUT2D eigenvalue weighted by Gasteiger charge is 2.14. The SMILES string of the molecule is CCOC(=O)Cc1cccc(C)c1OCc1cc(-c2cccc(CN)c2)c2occc2c1. The smallest absolute Gasteiger partial charge is 0.310 e. The Morgan fingerprint density at radius 3 is 2.69 bits per heavy atom. The van der Waals surface area contributed by atoms with Crippen molar-refractivity contribution < 1.29 is 18.7 Å². The lowest BCUT2D eigenvalue weighted by Crippen LogP contribution is -2.09. The number of carbonyl (C=O) groups excluding carboxylic acids is 1. The molecule has 0 spiro atoms. The molecule has 0 amide bonds. The number of aryl methyl sites for hydroxylation is 1. The van der Waals surface area contributed by atoms with Gasteiger partial charge in [0, 0.05) is 23.1 Å². The molecule has 1 aromatic heterocycles. The molecule has 3 aromatic carbocycles. The molecule has 4 rings (SSSR count). The molecule has 32 heavy (non-hydrogen) atoms. The zero-order valence-electron chi connectivity index (χ0n) is 18.4. The maximum absolute atomic E-state index is 12.0. The van der Waals surface area contributed by atoms with Crippen molar-refractivity contribution >= 4 is 16.9 Å². The number of rotatable bonds is 8. The second-order valence-electron chi connectivity index (χ2n) is 7.72. The number of nitrogens with two attached hydrogens (primary N) is 1. The van der Waals surface area contributed by atoms with Gasteiger partial charge in [0.1, 0.15) is 17.9 Å². The Labute approximate surface area is 187 Å². The van der Waals surface area contributed by atoms with Crippen LogP contribution in [0.2, 0.25) is 0 Å². The zero-order valence-corrected chi connectivity index (χ0v) is 18.4. The molecule has 0 bridgehead atoms. The number of hydrogen-bond acceptors (Lipinski definition) is 5. The first kappa shape index (κ1) is 21.7. The minimum absolute atomic E-state index is 0.183. The fraction of sp³-hybridized carbons (Fsp3) is 0.222. The summed E-state index contributed by atoms with van der Waals surface area (Å²) in [5.74, 6) is 0.462. The predicted molar refractivity (Wildman–Crippen MR) is 125 cm³/mol. The van der Waals surface area contributed by atoms with E-state index >= 15 is 0 Å². The van der Waals surface area contributed by atoms with Crippen molar-refractivity contribution in [1.29, 1.82) is 0 Å². The summed E-state index contributed by atoms with van der Waals surface area (Å²) in [6.07, 6.45) is 1.88. The minimum Gasteiger partial charge on any atom is -0.488 e. The second-order valence-corrected chi connectivity index (χ2v) is 7.72. The molecule has 4 aromatic rings. The number of ether oxygens (including phenoxy) is 2. The van der Waals surface area contributed by atoms with Crippen LogP contribution in [-0.4, -0.2) is 12.6 Å². The monoisotopic (exact) mass is 429 g/mol. The Bertz CT molecular complexity index is 1240. The molecule has 0 fully saturated rings. The van der Waals surface area contributed by atoms with E-state index in [0.29, 0.717) is 19.8 Å². The molecule has 164 valence electrons. The fourth-order valence-electron chi connectivity index (χ4n) is 3.89. The number of fused-ring (bicyclic) bond motifs is 1. The van der Waals surface area contributed by atoms with Gasteiger partial charge >= 0.3 is 5.97 Å². The van der Waals surface area contributed by atoms with E-state index in [0.717, 1.165) is 50.1 Å². The van der Waals surface area contributed by atoms with E-state index in [9.17, 15) is 4.79 Å². The maximum atomic E-state index is 12.0. The van der Waals surface area contributed by atoms with E-state index in [2.05, 4.69) is 24.3 Å². The highest BCUT2D eigenvalue weighted by Crippen LogP contribution is 2.33. The molecule has 1 heterocycles. The van der Waals surface area contributed by atoms with Gasteiger partial charge in [0.05, 0.1) is 19.3 Å². The van der Waals surface area contributed by atoms with Crippen LogP contribution in [0.25, 0.3) is 22.1 Å². The summed E-state index contributed by atoms with van der Waals surface area (Å²) in [6.45, 7) is 4.99. The summed E-state index contributed by atoms with van der Waals surface area (Å²) in [6, 6.07) is 20.1. The third-order valence-corrected chi connectivity index (χ3v) is 5.40. The van der Waals surface area contributed by atoms with Crippen molar-refractivity contribution in [3.8, 4) is 16.9 Å². The van der Waals surface area contributed by atoms with Crippen LogP contribution < -0.4 is 10.5 Å². The molecule has 0 radical (unpaired) electrons. The van der Waals surface area contributed by atoms with Crippen LogP contribution in [0.4, 0.5) is 0 Å². The van der Waals surface area contributed by atoms with Crippen molar-refractivity contribution in [2.45, 2.75) is 33.4 Å². The standard InChI is InChI=1S/C27H27NO4/c1-3-30-25(29)15-22-9-4-6-18(2)26(22)32-17-20-13-23-10-11-31-27(23)24(14-20)21-8-5-7-19(12-21)16-28/h4-14H,3,15-17,28H2,1-2H3. The van der Waals surface area contributed by atoms with Gasteiger partial charge in [0.15, 0.2) is 0 Å². The maximum Gasteiger partial charge on any atom is 0.310 e.